The molecule has 2 aromatic rings. The number of rotatable bonds is 1. The highest BCUT2D eigenvalue weighted by atomic mass is 32.1. The van der Waals surface area contributed by atoms with Crippen LogP contribution in [0.5, 0.6) is 0 Å². The summed E-state index contributed by atoms with van der Waals surface area (Å²) in [7, 11) is 3.46. The van der Waals surface area contributed by atoms with Crippen LogP contribution in [0.4, 0.5) is 5.00 Å². The maximum atomic E-state index is 9.24. The molecule has 0 fully saturated rings. The summed E-state index contributed by atoms with van der Waals surface area (Å²) in [5.41, 5.74) is 1.08. The second kappa shape index (κ2) is 3.01. The van der Waals surface area contributed by atoms with Crippen LogP contribution in [-0.2, 0) is 0 Å². The lowest BCUT2D eigenvalue weighted by Gasteiger charge is -2.06. The van der Waals surface area contributed by atoms with E-state index in [0.29, 0.717) is 0 Å². The Kier molecular flexibility index (Phi) is 1.98. The minimum Gasteiger partial charge on any atom is -0.288 e. The van der Waals surface area contributed by atoms with Crippen LogP contribution in [0.15, 0.2) is 24.3 Å². The van der Waals surface area contributed by atoms with Crippen molar-refractivity contribution < 1.29 is 5.21 Å². The molecule has 1 aromatic carbocycles. The molecule has 0 aliphatic rings. The van der Waals surface area contributed by atoms with Gasteiger partial charge in [-0.25, -0.2) is 5.06 Å². The van der Waals surface area contributed by atoms with Crippen molar-refractivity contribution in [3.63, 3.8) is 0 Å². The van der Waals surface area contributed by atoms with E-state index in [0.717, 1.165) is 15.6 Å². The number of benzene rings is 1. The number of aryl methyl sites for hydroxylation is 1. The summed E-state index contributed by atoms with van der Waals surface area (Å²) in [5, 5.41) is 12.2. The number of nitrogens with zero attached hydrogens (tertiary/aromatic N) is 1. The topological polar surface area (TPSA) is 23.5 Å². The van der Waals surface area contributed by atoms with E-state index in [-0.39, 0.29) is 0 Å². The monoisotopic (exact) mass is 192 g/mol. The Hall–Kier alpha value is -1.06. The van der Waals surface area contributed by atoms with Crippen molar-refractivity contribution in [2.24, 2.45) is 0 Å². The fourth-order valence-corrected chi connectivity index (χ4v) is 2.46. The van der Waals surface area contributed by atoms with E-state index >= 15 is 0 Å². The van der Waals surface area contributed by atoms with E-state index < -0.39 is 0 Å². The Bertz CT molecular complexity index is 433. The molecular weight excluding hydrogens is 182 g/mol. The molecule has 67 valence electrons. The fraction of sp³-hybridized carbons (Fsp3) is 0.100. The summed E-state index contributed by atoms with van der Waals surface area (Å²) in [6, 6.07) is 8.08. The van der Waals surface area contributed by atoms with Crippen molar-refractivity contribution in [2.75, 3.05) is 5.06 Å². The smallest absolute Gasteiger partial charge is 0.120 e. The van der Waals surface area contributed by atoms with Gasteiger partial charge < -0.3 is 0 Å². The predicted octanol–water partition coefficient (Wildman–Crippen LogP) is 3.20. The Morgan fingerprint density at radius 3 is 2.69 bits per heavy atom. The molecule has 1 aromatic heterocycles. The molecule has 1 radical (unpaired) electrons. The van der Waals surface area contributed by atoms with Gasteiger partial charge in [0.05, 0.1) is 7.05 Å². The summed E-state index contributed by atoms with van der Waals surface area (Å²) in [6.45, 7) is 1.99. The molecule has 1 N–H and O–H groups in total. The van der Waals surface area contributed by atoms with E-state index in [2.05, 4.69) is 7.05 Å². The molecule has 13 heavy (non-hydrogen) atoms. The van der Waals surface area contributed by atoms with E-state index in [1.165, 1.54) is 10.1 Å². The van der Waals surface area contributed by atoms with Gasteiger partial charge in [-0.15, -0.1) is 11.3 Å². The molecule has 0 saturated carbocycles. The Labute approximate surface area is 81.0 Å². The zero-order chi connectivity index (χ0) is 9.42. The van der Waals surface area contributed by atoms with Gasteiger partial charge in [0.15, 0.2) is 0 Å². The molecule has 0 aliphatic heterocycles. The lowest BCUT2D eigenvalue weighted by Crippen LogP contribution is -2.05. The number of thiophene rings is 1. The first-order valence-corrected chi connectivity index (χ1v) is 4.79. The normalized spacial score (nSPS) is 10.7. The van der Waals surface area contributed by atoms with Gasteiger partial charge in [-0.1, -0.05) is 18.2 Å². The highest BCUT2D eigenvalue weighted by molar-refractivity contribution is 7.23. The highest BCUT2D eigenvalue weighted by Gasteiger charge is 2.09. The summed E-state index contributed by atoms with van der Waals surface area (Å²) < 4.78 is 1.18. The first-order chi connectivity index (χ1) is 6.20. The summed E-state index contributed by atoms with van der Waals surface area (Å²) in [4.78, 5) is 0. The number of hydrogen-bond donors (Lipinski definition) is 1. The third-order valence-electron chi connectivity index (χ3n) is 2.05. The molecule has 0 atom stereocenters. The quantitative estimate of drug-likeness (QED) is 0.701. The molecular formula is C10H10NOS. The van der Waals surface area contributed by atoms with Crippen LogP contribution in [0, 0.1) is 14.0 Å². The van der Waals surface area contributed by atoms with E-state index in [1.807, 2.05) is 31.2 Å². The Morgan fingerprint density at radius 1 is 1.38 bits per heavy atom. The maximum absolute atomic E-state index is 9.24. The molecule has 0 amide bonds. The van der Waals surface area contributed by atoms with Crippen LogP contribution in [0.25, 0.3) is 10.1 Å². The van der Waals surface area contributed by atoms with Crippen molar-refractivity contribution in [1.29, 1.82) is 0 Å². The number of anilines is 1. The molecule has 0 saturated heterocycles. The Balaban J connectivity index is 2.74. The molecule has 0 unspecified atom stereocenters. The van der Waals surface area contributed by atoms with Gasteiger partial charge in [0.25, 0.3) is 0 Å². The molecule has 3 heteroatoms. The van der Waals surface area contributed by atoms with Crippen molar-refractivity contribution in [1.82, 2.24) is 0 Å². The first kappa shape index (κ1) is 8.53. The first-order valence-electron chi connectivity index (χ1n) is 3.98. The minimum atomic E-state index is 0.807. The van der Waals surface area contributed by atoms with Crippen molar-refractivity contribution in [3.8, 4) is 0 Å². The highest BCUT2D eigenvalue weighted by Crippen LogP contribution is 2.36. The summed E-state index contributed by atoms with van der Waals surface area (Å²) in [6.07, 6.45) is 0. The molecule has 0 spiro atoms. The lowest BCUT2D eigenvalue weighted by molar-refractivity contribution is 0.296. The minimum absolute atomic E-state index is 0.807. The third kappa shape index (κ3) is 1.30. The van der Waals surface area contributed by atoms with Gasteiger partial charge in [0, 0.05) is 4.70 Å². The van der Waals surface area contributed by atoms with E-state index in [4.69, 9.17) is 0 Å². The average Bonchev–Trinajstić information content (AvgIpc) is 2.45. The molecule has 2 nitrogen and oxygen atoms in total. The molecule has 0 bridgehead atoms. The average molecular weight is 192 g/mol. The van der Waals surface area contributed by atoms with E-state index in [9.17, 15) is 5.21 Å². The second-order valence-corrected chi connectivity index (χ2v) is 3.96. The van der Waals surface area contributed by atoms with Crippen molar-refractivity contribution in [2.45, 2.75) is 6.92 Å². The largest absolute Gasteiger partial charge is 0.288 e. The van der Waals surface area contributed by atoms with Crippen LogP contribution in [-0.4, -0.2) is 5.21 Å². The van der Waals surface area contributed by atoms with Gasteiger partial charge in [-0.05, 0) is 23.9 Å². The van der Waals surface area contributed by atoms with Gasteiger partial charge in [0.2, 0.25) is 0 Å². The number of fused-ring (bicyclic) bond motifs is 1. The third-order valence-corrected chi connectivity index (χ3v) is 3.34. The van der Waals surface area contributed by atoms with Crippen molar-refractivity contribution >= 4 is 26.4 Å². The zero-order valence-corrected chi connectivity index (χ0v) is 8.14. The molecule has 1 heterocycles. The summed E-state index contributed by atoms with van der Waals surface area (Å²) in [5.74, 6) is 0. The van der Waals surface area contributed by atoms with Crippen LogP contribution in [0.1, 0.15) is 5.56 Å². The zero-order valence-electron chi connectivity index (χ0n) is 7.32. The van der Waals surface area contributed by atoms with Gasteiger partial charge >= 0.3 is 0 Å². The van der Waals surface area contributed by atoms with Crippen molar-refractivity contribution in [3.05, 3.63) is 36.9 Å². The van der Waals surface area contributed by atoms with Gasteiger partial charge in [-0.3, -0.25) is 5.21 Å². The molecule has 2 rings (SSSR count). The van der Waals surface area contributed by atoms with Crippen LogP contribution >= 0.6 is 11.3 Å². The van der Waals surface area contributed by atoms with Crippen LogP contribution in [0.2, 0.25) is 0 Å². The standard InChI is InChI=1S/C10H10NOS/c1-7-8-5-3-4-6-9(8)13-10(7)11(2)12/h3-6,12H,2H2,1H3. The Morgan fingerprint density at radius 2 is 2.08 bits per heavy atom. The van der Waals surface area contributed by atoms with Gasteiger partial charge in [-0.2, -0.15) is 0 Å². The van der Waals surface area contributed by atoms with Crippen LogP contribution in [0.3, 0.4) is 0 Å². The predicted molar refractivity (Wildman–Crippen MR) is 56.2 cm³/mol. The fourth-order valence-electron chi connectivity index (χ4n) is 1.41. The maximum Gasteiger partial charge on any atom is 0.120 e. The van der Waals surface area contributed by atoms with E-state index in [1.54, 1.807) is 11.3 Å². The summed E-state index contributed by atoms with van der Waals surface area (Å²) >= 11 is 1.55. The van der Waals surface area contributed by atoms with Crippen LogP contribution < -0.4 is 5.06 Å². The lowest BCUT2D eigenvalue weighted by atomic mass is 10.2. The molecule has 0 aliphatic carbocycles. The van der Waals surface area contributed by atoms with Gasteiger partial charge in [0.1, 0.15) is 5.00 Å². The number of hydroxylamine groups is 1. The SMILES string of the molecule is [CH2]N(O)c1sc2ccccc2c1C. The number of hydrogen-bond acceptors (Lipinski definition) is 3. The second-order valence-electron chi connectivity index (χ2n) is 2.93.